The molecule has 94 valence electrons. The minimum absolute atomic E-state index is 0.126. The third kappa shape index (κ3) is 4.03. The van der Waals surface area contributed by atoms with Crippen LogP contribution >= 0.6 is 34.8 Å². The molecule has 0 unspecified atom stereocenters. The van der Waals surface area contributed by atoms with Crippen LogP contribution in [0.4, 0.5) is 5.69 Å². The maximum Gasteiger partial charge on any atom is 0.242 e. The first kappa shape index (κ1) is 14.6. The van der Waals surface area contributed by atoms with Crippen molar-refractivity contribution >= 4 is 55.8 Å². The van der Waals surface area contributed by atoms with E-state index in [4.69, 9.17) is 34.8 Å². The van der Waals surface area contributed by atoms with E-state index in [1.165, 1.54) is 18.2 Å². The largest absolute Gasteiger partial charge is 0.279 e. The summed E-state index contributed by atoms with van der Waals surface area (Å²) in [5, 5.41) is -0.313. The molecular formula is C9H8Cl3NO3S. The summed E-state index contributed by atoms with van der Waals surface area (Å²) < 4.78 is 23.9. The van der Waals surface area contributed by atoms with Gasteiger partial charge in [0.1, 0.15) is 6.54 Å². The smallest absolute Gasteiger partial charge is 0.242 e. The molecule has 0 heterocycles. The minimum atomic E-state index is -3.65. The molecule has 1 rings (SSSR count). The lowest BCUT2D eigenvalue weighted by Crippen LogP contribution is -2.33. The molecule has 0 aromatic heterocycles. The molecule has 0 bridgehead atoms. The van der Waals surface area contributed by atoms with Gasteiger partial charge in [-0.15, -0.1) is 0 Å². The minimum Gasteiger partial charge on any atom is -0.279 e. The van der Waals surface area contributed by atoms with Crippen molar-refractivity contribution in [2.45, 2.75) is 0 Å². The van der Waals surface area contributed by atoms with E-state index in [-0.39, 0.29) is 10.7 Å². The first-order chi connectivity index (χ1) is 7.71. The van der Waals surface area contributed by atoms with Crippen LogP contribution in [0, 0.1) is 0 Å². The maximum atomic E-state index is 11.5. The Balaban J connectivity index is 3.27. The van der Waals surface area contributed by atoms with Crippen molar-refractivity contribution in [3.05, 3.63) is 28.2 Å². The summed E-state index contributed by atoms with van der Waals surface area (Å²) >= 11 is 16.8. The standard InChI is InChI=1S/C9H8Cl3NO3S/c1-17(15,16)13(5-9(12)14)8-3-2-6(10)4-7(8)11/h2-4H,5H2,1H3. The van der Waals surface area contributed by atoms with Gasteiger partial charge < -0.3 is 0 Å². The Hall–Kier alpha value is -0.490. The zero-order valence-corrected chi connectivity index (χ0v) is 11.7. The molecule has 0 fully saturated rings. The SMILES string of the molecule is CS(=O)(=O)N(CC(=O)Cl)c1ccc(Cl)cc1Cl. The lowest BCUT2D eigenvalue weighted by atomic mass is 10.3. The van der Waals surface area contributed by atoms with Gasteiger partial charge in [0.25, 0.3) is 0 Å². The molecule has 0 saturated heterocycles. The van der Waals surface area contributed by atoms with Gasteiger partial charge in [-0.2, -0.15) is 0 Å². The number of carbonyl (C=O) groups is 1. The molecule has 0 spiro atoms. The second kappa shape index (κ2) is 5.44. The quantitative estimate of drug-likeness (QED) is 0.802. The van der Waals surface area contributed by atoms with Gasteiger partial charge in [-0.1, -0.05) is 23.2 Å². The Kier molecular flexibility index (Phi) is 4.66. The van der Waals surface area contributed by atoms with Gasteiger partial charge in [-0.05, 0) is 29.8 Å². The van der Waals surface area contributed by atoms with Gasteiger partial charge in [0.05, 0.1) is 17.0 Å². The molecule has 1 aromatic rings. The van der Waals surface area contributed by atoms with Crippen molar-refractivity contribution in [3.63, 3.8) is 0 Å². The summed E-state index contributed by atoms with van der Waals surface area (Å²) in [7, 11) is -3.65. The van der Waals surface area contributed by atoms with Crippen molar-refractivity contribution in [2.75, 3.05) is 17.1 Å². The zero-order chi connectivity index (χ0) is 13.2. The topological polar surface area (TPSA) is 54.5 Å². The van der Waals surface area contributed by atoms with E-state index in [1.54, 1.807) is 0 Å². The van der Waals surface area contributed by atoms with Crippen LogP contribution < -0.4 is 4.31 Å². The highest BCUT2D eigenvalue weighted by atomic mass is 35.5. The Labute approximate surface area is 114 Å². The normalized spacial score (nSPS) is 11.3. The Morgan fingerprint density at radius 3 is 2.35 bits per heavy atom. The lowest BCUT2D eigenvalue weighted by Gasteiger charge is -2.21. The average Bonchev–Trinajstić information content (AvgIpc) is 2.13. The number of carbonyl (C=O) groups excluding carboxylic acids is 1. The number of benzene rings is 1. The maximum absolute atomic E-state index is 11.5. The molecule has 1 aromatic carbocycles. The third-order valence-electron chi connectivity index (χ3n) is 1.85. The summed E-state index contributed by atoms with van der Waals surface area (Å²) in [6.45, 7) is -0.484. The number of rotatable bonds is 4. The van der Waals surface area contributed by atoms with Gasteiger partial charge in [-0.25, -0.2) is 8.42 Å². The van der Waals surface area contributed by atoms with E-state index in [9.17, 15) is 13.2 Å². The molecule has 0 N–H and O–H groups in total. The van der Waals surface area contributed by atoms with Crippen LogP contribution in [-0.2, 0) is 14.8 Å². The van der Waals surface area contributed by atoms with Crippen molar-refractivity contribution < 1.29 is 13.2 Å². The number of sulfonamides is 1. The van der Waals surface area contributed by atoms with E-state index in [0.29, 0.717) is 5.02 Å². The molecule has 0 amide bonds. The van der Waals surface area contributed by atoms with Gasteiger partial charge in [-0.3, -0.25) is 9.10 Å². The van der Waals surface area contributed by atoms with E-state index in [2.05, 4.69) is 0 Å². The average molecular weight is 317 g/mol. The fourth-order valence-corrected chi connectivity index (χ4v) is 2.80. The number of anilines is 1. The second-order valence-corrected chi connectivity index (χ2v) is 6.39. The number of nitrogens with zero attached hydrogens (tertiary/aromatic N) is 1. The Morgan fingerprint density at radius 2 is 1.94 bits per heavy atom. The van der Waals surface area contributed by atoms with Crippen LogP contribution in [0.1, 0.15) is 0 Å². The van der Waals surface area contributed by atoms with E-state index >= 15 is 0 Å². The van der Waals surface area contributed by atoms with Gasteiger partial charge in [0.15, 0.2) is 0 Å². The predicted molar refractivity (Wildman–Crippen MR) is 69.5 cm³/mol. The molecule has 0 aliphatic heterocycles. The molecule has 17 heavy (non-hydrogen) atoms. The van der Waals surface area contributed by atoms with Crippen molar-refractivity contribution in [3.8, 4) is 0 Å². The van der Waals surface area contributed by atoms with Gasteiger partial charge >= 0.3 is 0 Å². The van der Waals surface area contributed by atoms with E-state index < -0.39 is 21.8 Å². The number of hydrogen-bond donors (Lipinski definition) is 0. The van der Waals surface area contributed by atoms with Crippen molar-refractivity contribution in [2.24, 2.45) is 0 Å². The first-order valence-corrected chi connectivity index (χ1v) is 7.31. The van der Waals surface area contributed by atoms with Crippen LogP contribution in [0.25, 0.3) is 0 Å². The van der Waals surface area contributed by atoms with Crippen LogP contribution in [0.15, 0.2) is 18.2 Å². The monoisotopic (exact) mass is 315 g/mol. The fraction of sp³-hybridized carbons (Fsp3) is 0.222. The third-order valence-corrected chi connectivity index (χ3v) is 3.63. The van der Waals surface area contributed by atoms with Gasteiger partial charge in [0.2, 0.25) is 15.3 Å². The zero-order valence-electron chi connectivity index (χ0n) is 8.65. The molecule has 0 saturated carbocycles. The molecule has 4 nitrogen and oxygen atoms in total. The highest BCUT2D eigenvalue weighted by molar-refractivity contribution is 7.92. The van der Waals surface area contributed by atoms with Crippen LogP contribution in [0.2, 0.25) is 10.0 Å². The Morgan fingerprint density at radius 1 is 1.35 bits per heavy atom. The van der Waals surface area contributed by atoms with Crippen LogP contribution in [0.3, 0.4) is 0 Å². The highest BCUT2D eigenvalue weighted by Crippen LogP contribution is 2.30. The van der Waals surface area contributed by atoms with Crippen molar-refractivity contribution in [1.29, 1.82) is 0 Å². The molecule has 0 aliphatic carbocycles. The molecule has 0 atom stereocenters. The highest BCUT2D eigenvalue weighted by Gasteiger charge is 2.22. The molecule has 0 radical (unpaired) electrons. The van der Waals surface area contributed by atoms with Crippen LogP contribution in [-0.4, -0.2) is 26.5 Å². The van der Waals surface area contributed by atoms with Gasteiger partial charge in [0, 0.05) is 5.02 Å². The lowest BCUT2D eigenvalue weighted by molar-refractivity contribution is -0.110. The van der Waals surface area contributed by atoms with E-state index in [1.807, 2.05) is 0 Å². The number of hydrogen-bond acceptors (Lipinski definition) is 3. The molecule has 8 heteroatoms. The molecule has 0 aliphatic rings. The summed E-state index contributed by atoms with van der Waals surface area (Å²) in [5.41, 5.74) is 0.160. The fourth-order valence-electron chi connectivity index (χ4n) is 1.18. The summed E-state index contributed by atoms with van der Waals surface area (Å²) in [6.07, 6.45) is 0.956. The second-order valence-electron chi connectivity index (χ2n) is 3.22. The summed E-state index contributed by atoms with van der Waals surface area (Å²) in [6, 6.07) is 4.26. The summed E-state index contributed by atoms with van der Waals surface area (Å²) in [4.78, 5) is 10.8. The van der Waals surface area contributed by atoms with Crippen LogP contribution in [0.5, 0.6) is 0 Å². The van der Waals surface area contributed by atoms with E-state index in [0.717, 1.165) is 10.6 Å². The summed E-state index contributed by atoms with van der Waals surface area (Å²) in [5.74, 6) is 0. The Bertz CT molecular complexity index is 544. The number of halogens is 3. The first-order valence-electron chi connectivity index (χ1n) is 4.33. The molecular weight excluding hydrogens is 309 g/mol. The predicted octanol–water partition coefficient (Wildman–Crippen LogP) is 2.52. The van der Waals surface area contributed by atoms with Crippen molar-refractivity contribution in [1.82, 2.24) is 0 Å².